The average Bonchev–Trinajstić information content (AvgIpc) is 3.25. The number of likely N-dealkylation sites (N-methyl/N-ethyl adjacent to an activating group) is 1. The van der Waals surface area contributed by atoms with E-state index < -0.39 is 0 Å². The number of carbonyl (C=O) groups excluding carboxylic acids is 2. The van der Waals surface area contributed by atoms with Crippen molar-refractivity contribution < 1.29 is 14.0 Å². The van der Waals surface area contributed by atoms with Gasteiger partial charge in [-0.05, 0) is 49.4 Å². The van der Waals surface area contributed by atoms with Crippen molar-refractivity contribution >= 4 is 17.6 Å². The molecule has 6 nitrogen and oxygen atoms in total. The summed E-state index contributed by atoms with van der Waals surface area (Å²) in [4.78, 5) is 31.6. The molecule has 0 aromatic heterocycles. The number of hydrogen-bond acceptors (Lipinski definition) is 3. The highest BCUT2D eigenvalue weighted by molar-refractivity contribution is 5.89. The fourth-order valence-corrected chi connectivity index (χ4v) is 4.54. The van der Waals surface area contributed by atoms with Gasteiger partial charge in [0.1, 0.15) is 5.82 Å². The topological polar surface area (TPSA) is 55.9 Å². The second kappa shape index (κ2) is 10.1. The smallest absolute Gasteiger partial charge is 0.321 e. The minimum Gasteiger partial charge on any atom is -0.344 e. The Morgan fingerprint density at radius 3 is 2.34 bits per heavy atom. The first-order chi connectivity index (χ1) is 14.0. The maximum atomic E-state index is 13.2. The van der Waals surface area contributed by atoms with E-state index in [1.54, 1.807) is 17.0 Å². The maximum Gasteiger partial charge on any atom is 0.321 e. The Morgan fingerprint density at radius 1 is 1.14 bits per heavy atom. The summed E-state index contributed by atoms with van der Waals surface area (Å²) < 4.78 is 13.0. The molecule has 1 heterocycles. The van der Waals surface area contributed by atoms with E-state index in [9.17, 15) is 14.0 Å². The van der Waals surface area contributed by atoms with Gasteiger partial charge in [0.15, 0.2) is 0 Å². The lowest BCUT2D eigenvalue weighted by Crippen LogP contribution is -2.58. The highest BCUT2D eigenvalue weighted by Crippen LogP contribution is 2.32. The van der Waals surface area contributed by atoms with Gasteiger partial charge in [-0.2, -0.15) is 0 Å². The van der Waals surface area contributed by atoms with Crippen LogP contribution in [0.25, 0.3) is 0 Å². The molecule has 0 bridgehead atoms. The van der Waals surface area contributed by atoms with E-state index in [-0.39, 0.29) is 23.8 Å². The Hall–Kier alpha value is -2.15. The number of urea groups is 1. The van der Waals surface area contributed by atoms with Gasteiger partial charge in [0.2, 0.25) is 5.91 Å². The molecular weight excluding hydrogens is 371 g/mol. The van der Waals surface area contributed by atoms with Crippen LogP contribution >= 0.6 is 0 Å². The predicted molar refractivity (Wildman–Crippen MR) is 112 cm³/mol. The number of rotatable bonds is 6. The van der Waals surface area contributed by atoms with Gasteiger partial charge in [-0.3, -0.25) is 9.69 Å². The van der Waals surface area contributed by atoms with Crippen molar-refractivity contribution in [1.29, 1.82) is 0 Å². The molecule has 7 heteroatoms. The zero-order chi connectivity index (χ0) is 20.8. The first-order valence-corrected chi connectivity index (χ1v) is 10.8. The second-order valence-corrected chi connectivity index (χ2v) is 8.21. The number of hydrogen-bond donors (Lipinski definition) is 1. The van der Waals surface area contributed by atoms with E-state index in [1.807, 2.05) is 11.9 Å². The molecule has 2 fully saturated rings. The van der Waals surface area contributed by atoms with E-state index in [4.69, 9.17) is 0 Å². The van der Waals surface area contributed by atoms with Crippen LogP contribution in [0.2, 0.25) is 0 Å². The monoisotopic (exact) mass is 404 g/mol. The standard InChI is InChI=1S/C22H33FN4O2/c1-3-12-25(2)21(28)20(17-6-4-5-7-17)26-13-15-27(16-14-26)22(29)24-19-10-8-18(23)9-11-19/h8-11,17,20H,3-7,12-16H2,1-2H3,(H,24,29). The summed E-state index contributed by atoms with van der Waals surface area (Å²) in [6.07, 6.45) is 5.58. The molecule has 29 heavy (non-hydrogen) atoms. The lowest BCUT2D eigenvalue weighted by atomic mass is 9.94. The molecule has 3 amide bonds. The quantitative estimate of drug-likeness (QED) is 0.791. The second-order valence-electron chi connectivity index (χ2n) is 8.21. The fourth-order valence-electron chi connectivity index (χ4n) is 4.54. The summed E-state index contributed by atoms with van der Waals surface area (Å²) in [5, 5.41) is 2.82. The van der Waals surface area contributed by atoms with E-state index >= 15 is 0 Å². The zero-order valence-electron chi connectivity index (χ0n) is 17.6. The fraction of sp³-hybridized carbons (Fsp3) is 0.636. The van der Waals surface area contributed by atoms with E-state index in [2.05, 4.69) is 17.1 Å². The summed E-state index contributed by atoms with van der Waals surface area (Å²) in [6.45, 7) is 5.43. The van der Waals surface area contributed by atoms with Gasteiger partial charge < -0.3 is 15.1 Å². The summed E-state index contributed by atoms with van der Waals surface area (Å²) in [5.74, 6) is 0.316. The van der Waals surface area contributed by atoms with Crippen LogP contribution in [0, 0.1) is 11.7 Å². The lowest BCUT2D eigenvalue weighted by molar-refractivity contribution is -0.138. The number of piperazine rings is 1. The number of nitrogens with zero attached hydrogens (tertiary/aromatic N) is 3. The number of halogens is 1. The van der Waals surface area contributed by atoms with Crippen LogP contribution in [0.15, 0.2) is 24.3 Å². The molecular formula is C22H33FN4O2. The highest BCUT2D eigenvalue weighted by atomic mass is 19.1. The Balaban J connectivity index is 1.59. The molecule has 0 radical (unpaired) electrons. The average molecular weight is 405 g/mol. The summed E-state index contributed by atoms with van der Waals surface area (Å²) >= 11 is 0. The van der Waals surface area contributed by atoms with Gasteiger partial charge in [-0.15, -0.1) is 0 Å². The van der Waals surface area contributed by atoms with Crippen molar-refractivity contribution in [3.63, 3.8) is 0 Å². The minimum absolute atomic E-state index is 0.0728. The first kappa shape index (κ1) is 21.6. The normalized spacial score (nSPS) is 19.2. The molecule has 1 saturated heterocycles. The molecule has 3 rings (SSSR count). The van der Waals surface area contributed by atoms with Crippen molar-refractivity contribution in [2.24, 2.45) is 5.92 Å². The van der Waals surface area contributed by atoms with Gasteiger partial charge >= 0.3 is 6.03 Å². The lowest BCUT2D eigenvalue weighted by Gasteiger charge is -2.41. The molecule has 1 atom stereocenters. The Kier molecular flexibility index (Phi) is 7.47. The molecule has 1 N–H and O–H groups in total. The third-order valence-corrected chi connectivity index (χ3v) is 6.12. The van der Waals surface area contributed by atoms with Crippen LogP contribution < -0.4 is 5.32 Å². The predicted octanol–water partition coefficient (Wildman–Crippen LogP) is 3.40. The van der Waals surface area contributed by atoms with Gasteiger partial charge in [-0.1, -0.05) is 19.8 Å². The SMILES string of the molecule is CCCN(C)C(=O)C(C1CCCC1)N1CCN(C(=O)Nc2ccc(F)cc2)CC1. The number of anilines is 1. The van der Waals surface area contributed by atoms with Crippen molar-refractivity contribution in [3.05, 3.63) is 30.1 Å². The number of benzene rings is 1. The summed E-state index contributed by atoms with van der Waals surface area (Å²) in [5.41, 5.74) is 0.582. The van der Waals surface area contributed by atoms with Gasteiger partial charge in [0, 0.05) is 45.5 Å². The van der Waals surface area contributed by atoms with Gasteiger partial charge in [0.05, 0.1) is 6.04 Å². The van der Waals surface area contributed by atoms with E-state index in [0.29, 0.717) is 37.8 Å². The molecule has 1 unspecified atom stereocenters. The van der Waals surface area contributed by atoms with Crippen molar-refractivity contribution in [1.82, 2.24) is 14.7 Å². The van der Waals surface area contributed by atoms with Crippen molar-refractivity contribution in [3.8, 4) is 0 Å². The third kappa shape index (κ3) is 5.47. The molecule has 1 saturated carbocycles. The van der Waals surface area contributed by atoms with Crippen molar-refractivity contribution in [2.45, 2.75) is 45.1 Å². The molecule has 160 valence electrons. The molecule has 2 aliphatic rings. The first-order valence-electron chi connectivity index (χ1n) is 10.8. The zero-order valence-corrected chi connectivity index (χ0v) is 17.6. The Morgan fingerprint density at radius 2 is 1.76 bits per heavy atom. The number of nitrogens with one attached hydrogen (secondary N) is 1. The summed E-state index contributed by atoms with van der Waals surface area (Å²) in [7, 11) is 1.90. The van der Waals surface area contributed by atoms with E-state index in [0.717, 1.165) is 25.8 Å². The van der Waals surface area contributed by atoms with Crippen LogP contribution in [-0.4, -0.2) is 72.5 Å². The van der Waals surface area contributed by atoms with Crippen LogP contribution in [-0.2, 0) is 4.79 Å². The largest absolute Gasteiger partial charge is 0.344 e. The molecule has 1 aliphatic heterocycles. The molecule has 1 aromatic carbocycles. The Labute approximate surface area is 173 Å². The molecule has 1 aromatic rings. The number of amides is 3. The molecule has 0 spiro atoms. The third-order valence-electron chi connectivity index (χ3n) is 6.12. The van der Waals surface area contributed by atoms with Crippen LogP contribution in [0.4, 0.5) is 14.9 Å². The maximum absolute atomic E-state index is 13.2. The van der Waals surface area contributed by atoms with Crippen LogP contribution in [0.3, 0.4) is 0 Å². The minimum atomic E-state index is -0.327. The summed E-state index contributed by atoms with van der Waals surface area (Å²) in [6, 6.07) is 5.53. The van der Waals surface area contributed by atoms with Crippen molar-refractivity contribution in [2.75, 3.05) is 45.1 Å². The van der Waals surface area contributed by atoms with Gasteiger partial charge in [-0.25, -0.2) is 9.18 Å². The Bertz CT molecular complexity index is 683. The molecule has 1 aliphatic carbocycles. The van der Waals surface area contributed by atoms with Crippen LogP contribution in [0.1, 0.15) is 39.0 Å². The van der Waals surface area contributed by atoms with E-state index in [1.165, 1.54) is 25.0 Å². The number of carbonyl (C=O) groups is 2. The van der Waals surface area contributed by atoms with Gasteiger partial charge in [0.25, 0.3) is 0 Å². The van der Waals surface area contributed by atoms with Crippen LogP contribution in [0.5, 0.6) is 0 Å². The highest BCUT2D eigenvalue weighted by Gasteiger charge is 2.38.